The van der Waals surface area contributed by atoms with Crippen LogP contribution < -0.4 is 5.73 Å². The lowest BCUT2D eigenvalue weighted by molar-refractivity contribution is -0.0350. The molecule has 3 N–H and O–H groups in total. The smallest absolute Gasteiger partial charge is 0.256 e. The normalized spacial score (nSPS) is 23.2. The molecule has 2 rings (SSSR count). The van der Waals surface area contributed by atoms with Crippen LogP contribution in [-0.4, -0.2) is 52.9 Å². The van der Waals surface area contributed by atoms with E-state index in [2.05, 4.69) is 22.0 Å². The number of aliphatic hydroxyl groups is 1. The number of ether oxygens (including phenoxy) is 1. The average molecular weight is 256 g/mol. The molecule has 1 aromatic heterocycles. The molecule has 1 saturated heterocycles. The lowest BCUT2D eigenvalue weighted by Crippen LogP contribution is -2.39. The molecule has 18 heavy (non-hydrogen) atoms. The molecule has 1 aromatic rings. The highest BCUT2D eigenvalue weighted by Crippen LogP contribution is 2.21. The van der Waals surface area contributed by atoms with Crippen molar-refractivity contribution in [1.82, 2.24) is 15.0 Å². The molecule has 0 spiro atoms. The average Bonchev–Trinajstić information content (AvgIpc) is 2.88. The fourth-order valence-corrected chi connectivity index (χ4v) is 1.99. The largest absolute Gasteiger partial charge is 0.382 e. The van der Waals surface area contributed by atoms with Gasteiger partial charge < -0.3 is 20.1 Å². The molecule has 0 bridgehead atoms. The summed E-state index contributed by atoms with van der Waals surface area (Å²) in [5.41, 5.74) is 5.34. The van der Waals surface area contributed by atoms with Crippen LogP contribution in [0.3, 0.4) is 0 Å². The molecule has 1 unspecified atom stereocenters. The zero-order valence-electron chi connectivity index (χ0n) is 10.6. The second-order valence-corrected chi connectivity index (χ2v) is 4.40. The zero-order valence-corrected chi connectivity index (χ0v) is 10.6. The van der Waals surface area contributed by atoms with Crippen LogP contribution in [-0.2, 0) is 4.74 Å². The van der Waals surface area contributed by atoms with Gasteiger partial charge in [0, 0.05) is 19.6 Å². The van der Waals surface area contributed by atoms with E-state index < -0.39 is 6.10 Å². The number of aromatic nitrogens is 2. The Balaban J connectivity index is 2.00. The Kier molecular flexibility index (Phi) is 4.65. The molecule has 7 heteroatoms. The summed E-state index contributed by atoms with van der Waals surface area (Å²) in [7, 11) is 0. The Hall–Kier alpha value is -1.02. The van der Waals surface area contributed by atoms with Gasteiger partial charge in [0.1, 0.15) is 12.2 Å². The van der Waals surface area contributed by atoms with Crippen molar-refractivity contribution in [1.29, 1.82) is 0 Å². The predicted octanol–water partition coefficient (Wildman–Crippen LogP) is -0.155. The fraction of sp³-hybridized carbons (Fsp3) is 0.818. The van der Waals surface area contributed by atoms with Crippen LogP contribution in [0.15, 0.2) is 4.52 Å². The summed E-state index contributed by atoms with van der Waals surface area (Å²) in [6, 6.07) is 0. The van der Waals surface area contributed by atoms with Gasteiger partial charge in [-0.3, -0.25) is 4.90 Å². The van der Waals surface area contributed by atoms with Crippen molar-refractivity contribution < 1.29 is 14.4 Å². The SMILES string of the molecule is CCCN1CCOC(c2noc([C@@H](O)CN)n2)C1. The monoisotopic (exact) mass is 256 g/mol. The third kappa shape index (κ3) is 3.05. The molecule has 0 amide bonds. The van der Waals surface area contributed by atoms with E-state index in [-0.39, 0.29) is 18.5 Å². The first-order chi connectivity index (χ1) is 8.74. The molecule has 0 radical (unpaired) electrons. The predicted molar refractivity (Wildman–Crippen MR) is 63.7 cm³/mol. The summed E-state index contributed by atoms with van der Waals surface area (Å²) < 4.78 is 10.6. The van der Waals surface area contributed by atoms with Crippen LogP contribution in [0.1, 0.15) is 37.3 Å². The van der Waals surface area contributed by atoms with E-state index in [4.69, 9.17) is 15.0 Å². The molecule has 0 saturated carbocycles. The lowest BCUT2D eigenvalue weighted by Gasteiger charge is -2.30. The number of morpholine rings is 1. The van der Waals surface area contributed by atoms with E-state index in [1.165, 1.54) is 0 Å². The van der Waals surface area contributed by atoms with E-state index in [9.17, 15) is 5.11 Å². The van der Waals surface area contributed by atoms with Gasteiger partial charge in [0.05, 0.1) is 6.61 Å². The summed E-state index contributed by atoms with van der Waals surface area (Å²) in [6.45, 7) is 5.60. The minimum atomic E-state index is -0.901. The zero-order chi connectivity index (χ0) is 13.0. The van der Waals surface area contributed by atoms with Crippen molar-refractivity contribution in [3.63, 3.8) is 0 Å². The molecule has 1 fully saturated rings. The van der Waals surface area contributed by atoms with Crippen molar-refractivity contribution in [2.24, 2.45) is 5.73 Å². The van der Waals surface area contributed by atoms with E-state index in [0.717, 1.165) is 26.1 Å². The number of nitrogens with two attached hydrogens (primary N) is 1. The Morgan fingerprint density at radius 3 is 3.17 bits per heavy atom. The summed E-state index contributed by atoms with van der Waals surface area (Å²) in [6.07, 6.45) is 0.0187. The molecule has 7 nitrogen and oxygen atoms in total. The maximum Gasteiger partial charge on any atom is 0.256 e. The lowest BCUT2D eigenvalue weighted by atomic mass is 10.2. The highest BCUT2D eigenvalue weighted by molar-refractivity contribution is 4.96. The molecule has 1 aliphatic rings. The second kappa shape index (κ2) is 6.24. The summed E-state index contributed by atoms with van der Waals surface area (Å²) in [5, 5.41) is 13.4. The summed E-state index contributed by atoms with van der Waals surface area (Å²) >= 11 is 0. The van der Waals surface area contributed by atoms with Crippen LogP contribution in [0.25, 0.3) is 0 Å². The van der Waals surface area contributed by atoms with Gasteiger partial charge in [-0.1, -0.05) is 12.1 Å². The number of nitrogens with zero attached hydrogens (tertiary/aromatic N) is 3. The van der Waals surface area contributed by atoms with Gasteiger partial charge in [-0.25, -0.2) is 0 Å². The van der Waals surface area contributed by atoms with Gasteiger partial charge in [-0.05, 0) is 13.0 Å². The molecule has 0 aliphatic carbocycles. The highest BCUT2D eigenvalue weighted by atomic mass is 16.5. The van der Waals surface area contributed by atoms with Gasteiger partial charge in [-0.15, -0.1) is 0 Å². The minimum absolute atomic E-state index is 0.0646. The molecule has 2 atom stereocenters. The maximum atomic E-state index is 9.50. The van der Waals surface area contributed by atoms with Crippen molar-refractivity contribution in [3.8, 4) is 0 Å². The van der Waals surface area contributed by atoms with Gasteiger partial charge in [0.2, 0.25) is 5.82 Å². The quantitative estimate of drug-likeness (QED) is 0.755. The van der Waals surface area contributed by atoms with Gasteiger partial charge in [0.25, 0.3) is 5.89 Å². The van der Waals surface area contributed by atoms with E-state index in [1.807, 2.05) is 0 Å². The topological polar surface area (TPSA) is 97.6 Å². The Bertz CT molecular complexity index is 369. The fourth-order valence-electron chi connectivity index (χ4n) is 1.99. The van der Waals surface area contributed by atoms with Crippen LogP contribution in [0.4, 0.5) is 0 Å². The number of rotatable bonds is 5. The molecule has 0 aromatic carbocycles. The summed E-state index contributed by atoms with van der Waals surface area (Å²) in [4.78, 5) is 6.45. The van der Waals surface area contributed by atoms with E-state index in [1.54, 1.807) is 0 Å². The van der Waals surface area contributed by atoms with Crippen LogP contribution in [0.2, 0.25) is 0 Å². The highest BCUT2D eigenvalue weighted by Gasteiger charge is 2.26. The summed E-state index contributed by atoms with van der Waals surface area (Å²) in [5.74, 6) is 0.641. The van der Waals surface area contributed by atoms with Gasteiger partial charge >= 0.3 is 0 Å². The first-order valence-electron chi connectivity index (χ1n) is 6.30. The number of hydrogen-bond acceptors (Lipinski definition) is 7. The molecule has 1 aliphatic heterocycles. The number of hydrogen-bond donors (Lipinski definition) is 2. The van der Waals surface area contributed by atoms with Crippen molar-refractivity contribution >= 4 is 0 Å². The van der Waals surface area contributed by atoms with Crippen molar-refractivity contribution in [3.05, 3.63) is 11.7 Å². The van der Waals surface area contributed by atoms with Gasteiger partial charge in [0.15, 0.2) is 0 Å². The maximum absolute atomic E-state index is 9.50. The molecule has 2 heterocycles. The van der Waals surface area contributed by atoms with Crippen LogP contribution in [0, 0.1) is 0 Å². The number of aliphatic hydroxyl groups excluding tert-OH is 1. The molecular formula is C11H20N4O3. The third-order valence-electron chi connectivity index (χ3n) is 2.94. The Morgan fingerprint density at radius 1 is 1.61 bits per heavy atom. The second-order valence-electron chi connectivity index (χ2n) is 4.40. The Labute approximate surface area is 106 Å². The van der Waals surface area contributed by atoms with Crippen LogP contribution >= 0.6 is 0 Å². The van der Waals surface area contributed by atoms with E-state index in [0.29, 0.717) is 12.4 Å². The van der Waals surface area contributed by atoms with Gasteiger partial charge in [-0.2, -0.15) is 4.98 Å². The molecular weight excluding hydrogens is 236 g/mol. The molecule has 102 valence electrons. The standard InChI is InChI=1S/C11H20N4O3/c1-2-3-15-4-5-17-9(7-15)10-13-11(18-14-10)8(16)6-12/h8-9,16H,2-7,12H2,1H3/t8-,9?/m0/s1. The Morgan fingerprint density at radius 2 is 2.44 bits per heavy atom. The van der Waals surface area contributed by atoms with Crippen molar-refractivity contribution in [2.45, 2.75) is 25.6 Å². The first-order valence-corrected chi connectivity index (χ1v) is 6.30. The van der Waals surface area contributed by atoms with Crippen molar-refractivity contribution in [2.75, 3.05) is 32.8 Å². The van der Waals surface area contributed by atoms with Crippen LogP contribution in [0.5, 0.6) is 0 Å². The third-order valence-corrected chi connectivity index (χ3v) is 2.94. The minimum Gasteiger partial charge on any atom is -0.382 e. The first kappa shape index (κ1) is 13.4. The van der Waals surface area contributed by atoms with E-state index >= 15 is 0 Å².